The predicted octanol–water partition coefficient (Wildman–Crippen LogP) is 0.542. The second-order valence-corrected chi connectivity index (χ2v) is 4.92. The normalized spacial score (nSPS) is 19.6. The zero-order valence-electron chi connectivity index (χ0n) is 8.85. The standard InChI is InChI=1S/C10H14N4OS/c11-9-5-12-4-8(14-9)10(15)13-3-7-1-2-16-6-7/h4-5,7H,1-3,6H2,(H2,11,14)(H,13,15). The van der Waals surface area contributed by atoms with Crippen LogP contribution >= 0.6 is 11.8 Å². The van der Waals surface area contributed by atoms with Crippen molar-refractivity contribution in [2.75, 3.05) is 23.8 Å². The van der Waals surface area contributed by atoms with Gasteiger partial charge in [-0.15, -0.1) is 0 Å². The van der Waals surface area contributed by atoms with Crippen LogP contribution in [-0.4, -0.2) is 33.9 Å². The molecule has 3 N–H and O–H groups in total. The Morgan fingerprint density at radius 1 is 1.62 bits per heavy atom. The highest BCUT2D eigenvalue weighted by Crippen LogP contribution is 2.22. The van der Waals surface area contributed by atoms with Gasteiger partial charge in [0.15, 0.2) is 0 Å². The Morgan fingerprint density at radius 3 is 3.19 bits per heavy atom. The molecule has 1 aromatic heterocycles. The summed E-state index contributed by atoms with van der Waals surface area (Å²) in [6.07, 6.45) is 4.02. The van der Waals surface area contributed by atoms with Gasteiger partial charge in [-0.3, -0.25) is 9.78 Å². The number of aromatic nitrogens is 2. The highest BCUT2D eigenvalue weighted by atomic mass is 32.2. The molecule has 5 nitrogen and oxygen atoms in total. The summed E-state index contributed by atoms with van der Waals surface area (Å²) < 4.78 is 0. The maximum Gasteiger partial charge on any atom is 0.271 e. The maximum absolute atomic E-state index is 11.7. The lowest BCUT2D eigenvalue weighted by atomic mass is 10.1. The average Bonchev–Trinajstić information content (AvgIpc) is 2.78. The molecule has 86 valence electrons. The van der Waals surface area contributed by atoms with E-state index in [1.54, 1.807) is 0 Å². The van der Waals surface area contributed by atoms with Gasteiger partial charge in [0.05, 0.1) is 12.4 Å². The molecule has 0 radical (unpaired) electrons. The van der Waals surface area contributed by atoms with E-state index in [9.17, 15) is 4.79 Å². The SMILES string of the molecule is Nc1cncc(C(=O)NCC2CCSC2)n1. The van der Waals surface area contributed by atoms with Crippen LogP contribution in [0.4, 0.5) is 5.82 Å². The molecule has 1 atom stereocenters. The van der Waals surface area contributed by atoms with Gasteiger partial charge in [0, 0.05) is 6.54 Å². The summed E-state index contributed by atoms with van der Waals surface area (Å²) in [7, 11) is 0. The minimum absolute atomic E-state index is 0.197. The van der Waals surface area contributed by atoms with Crippen LogP contribution in [0.15, 0.2) is 12.4 Å². The number of thioether (sulfide) groups is 1. The van der Waals surface area contributed by atoms with Crippen molar-refractivity contribution in [3.05, 3.63) is 18.1 Å². The van der Waals surface area contributed by atoms with Crippen LogP contribution in [0.5, 0.6) is 0 Å². The quantitative estimate of drug-likeness (QED) is 0.803. The molecule has 2 heterocycles. The third kappa shape index (κ3) is 2.85. The first-order valence-corrected chi connectivity index (χ1v) is 6.34. The van der Waals surface area contributed by atoms with E-state index in [2.05, 4.69) is 15.3 Å². The van der Waals surface area contributed by atoms with Crippen LogP contribution in [0.3, 0.4) is 0 Å². The number of nitrogens with zero attached hydrogens (tertiary/aromatic N) is 2. The molecule has 1 aliphatic heterocycles. The van der Waals surface area contributed by atoms with Gasteiger partial charge in [0.1, 0.15) is 11.5 Å². The molecule has 16 heavy (non-hydrogen) atoms. The van der Waals surface area contributed by atoms with E-state index in [0.717, 1.165) is 5.75 Å². The molecule has 0 bridgehead atoms. The molecule has 0 spiro atoms. The average molecular weight is 238 g/mol. The first-order chi connectivity index (χ1) is 7.75. The van der Waals surface area contributed by atoms with E-state index in [-0.39, 0.29) is 17.4 Å². The van der Waals surface area contributed by atoms with E-state index >= 15 is 0 Å². The van der Waals surface area contributed by atoms with Gasteiger partial charge in [0.25, 0.3) is 5.91 Å². The number of nitrogens with two attached hydrogens (primary N) is 1. The summed E-state index contributed by atoms with van der Waals surface area (Å²) in [6.45, 7) is 0.711. The van der Waals surface area contributed by atoms with Gasteiger partial charge < -0.3 is 11.1 Å². The van der Waals surface area contributed by atoms with Gasteiger partial charge in [-0.2, -0.15) is 11.8 Å². The number of anilines is 1. The largest absolute Gasteiger partial charge is 0.382 e. The van der Waals surface area contributed by atoms with Crippen LogP contribution in [0.25, 0.3) is 0 Å². The summed E-state index contributed by atoms with van der Waals surface area (Å²) in [4.78, 5) is 19.4. The number of nitrogens with one attached hydrogen (secondary N) is 1. The van der Waals surface area contributed by atoms with Gasteiger partial charge in [-0.25, -0.2) is 4.98 Å². The van der Waals surface area contributed by atoms with Gasteiger partial charge in [0.2, 0.25) is 0 Å². The van der Waals surface area contributed by atoms with Gasteiger partial charge in [-0.05, 0) is 23.8 Å². The third-order valence-electron chi connectivity index (χ3n) is 2.46. The molecule has 6 heteroatoms. The molecular formula is C10H14N4OS. The molecule has 0 saturated carbocycles. The fourth-order valence-electron chi connectivity index (χ4n) is 1.56. The molecule has 2 rings (SSSR count). The molecule has 0 aromatic carbocycles. The molecule has 1 amide bonds. The van der Waals surface area contributed by atoms with E-state index in [4.69, 9.17) is 5.73 Å². The summed E-state index contributed by atoms with van der Waals surface area (Å²) in [5.74, 6) is 2.98. The number of hydrogen-bond acceptors (Lipinski definition) is 5. The Morgan fingerprint density at radius 2 is 2.50 bits per heavy atom. The van der Waals surface area contributed by atoms with Crippen LogP contribution in [-0.2, 0) is 0 Å². The molecule has 1 aliphatic rings. The summed E-state index contributed by atoms with van der Waals surface area (Å²) in [5.41, 5.74) is 5.74. The van der Waals surface area contributed by atoms with E-state index in [1.807, 2.05) is 11.8 Å². The zero-order valence-corrected chi connectivity index (χ0v) is 9.67. The number of amides is 1. The summed E-state index contributed by atoms with van der Waals surface area (Å²) in [6, 6.07) is 0. The summed E-state index contributed by atoms with van der Waals surface area (Å²) >= 11 is 1.93. The van der Waals surface area contributed by atoms with Crippen molar-refractivity contribution in [2.45, 2.75) is 6.42 Å². The molecule has 1 unspecified atom stereocenters. The lowest BCUT2D eigenvalue weighted by Gasteiger charge is -2.09. The van der Waals surface area contributed by atoms with Crippen molar-refractivity contribution in [1.82, 2.24) is 15.3 Å². The lowest BCUT2D eigenvalue weighted by molar-refractivity contribution is 0.0943. The lowest BCUT2D eigenvalue weighted by Crippen LogP contribution is -2.30. The Hall–Kier alpha value is -1.30. The van der Waals surface area contributed by atoms with Gasteiger partial charge in [-0.1, -0.05) is 0 Å². The zero-order chi connectivity index (χ0) is 11.4. The van der Waals surface area contributed by atoms with Crippen LogP contribution in [0.1, 0.15) is 16.9 Å². The Kier molecular flexibility index (Phi) is 3.61. The number of hydrogen-bond donors (Lipinski definition) is 2. The van der Waals surface area contributed by atoms with Crippen molar-refractivity contribution in [3.8, 4) is 0 Å². The Bertz CT molecular complexity index is 379. The number of rotatable bonds is 3. The molecule has 1 fully saturated rings. The summed E-state index contributed by atoms with van der Waals surface area (Å²) in [5, 5.41) is 2.86. The Balaban J connectivity index is 1.87. The molecule has 1 saturated heterocycles. The molecule has 0 aliphatic carbocycles. The third-order valence-corrected chi connectivity index (χ3v) is 3.69. The monoisotopic (exact) mass is 238 g/mol. The number of nitrogen functional groups attached to an aromatic ring is 1. The fraction of sp³-hybridized carbons (Fsp3) is 0.500. The van der Waals surface area contributed by atoms with Crippen molar-refractivity contribution >= 4 is 23.5 Å². The fourth-order valence-corrected chi connectivity index (χ4v) is 2.85. The first kappa shape index (κ1) is 11.2. The van der Waals surface area contributed by atoms with Crippen molar-refractivity contribution in [3.63, 3.8) is 0 Å². The molecule has 1 aromatic rings. The smallest absolute Gasteiger partial charge is 0.271 e. The highest BCUT2D eigenvalue weighted by Gasteiger charge is 2.17. The number of carbonyl (C=O) groups excluding carboxylic acids is 1. The minimum atomic E-state index is -0.197. The minimum Gasteiger partial charge on any atom is -0.382 e. The van der Waals surface area contributed by atoms with Crippen molar-refractivity contribution in [1.29, 1.82) is 0 Å². The first-order valence-electron chi connectivity index (χ1n) is 5.19. The van der Waals surface area contributed by atoms with Crippen molar-refractivity contribution in [2.24, 2.45) is 5.92 Å². The van der Waals surface area contributed by atoms with Gasteiger partial charge >= 0.3 is 0 Å². The number of carbonyl (C=O) groups is 1. The topological polar surface area (TPSA) is 80.9 Å². The van der Waals surface area contributed by atoms with E-state index < -0.39 is 0 Å². The van der Waals surface area contributed by atoms with E-state index in [1.165, 1.54) is 24.6 Å². The highest BCUT2D eigenvalue weighted by molar-refractivity contribution is 7.99. The van der Waals surface area contributed by atoms with Crippen molar-refractivity contribution < 1.29 is 4.79 Å². The Labute approximate surface area is 98.2 Å². The molecular weight excluding hydrogens is 224 g/mol. The second-order valence-electron chi connectivity index (χ2n) is 3.77. The predicted molar refractivity (Wildman–Crippen MR) is 64.2 cm³/mol. The second kappa shape index (κ2) is 5.16. The van der Waals surface area contributed by atoms with Crippen LogP contribution in [0, 0.1) is 5.92 Å². The van der Waals surface area contributed by atoms with Crippen LogP contribution < -0.4 is 11.1 Å². The van der Waals surface area contributed by atoms with Crippen LogP contribution in [0.2, 0.25) is 0 Å². The van der Waals surface area contributed by atoms with E-state index in [0.29, 0.717) is 12.5 Å². The maximum atomic E-state index is 11.7.